The Bertz CT molecular complexity index is 1310. The summed E-state index contributed by atoms with van der Waals surface area (Å²) in [5.74, 6) is 3.21. The van der Waals surface area contributed by atoms with Crippen molar-refractivity contribution in [2.24, 2.45) is 23.2 Å². The molecule has 242 valence electrons. The Kier molecular flexibility index (Phi) is 12.2. The quantitative estimate of drug-likeness (QED) is 0.219. The third-order valence-corrected chi connectivity index (χ3v) is 12.5. The molecule has 0 amide bonds. The fraction of sp³-hybridized carbons (Fsp3) is 0.595. The Labute approximate surface area is 302 Å². The molecule has 5 saturated carbocycles. The first-order chi connectivity index (χ1) is 20.4. The van der Waals surface area contributed by atoms with Gasteiger partial charge in [-0.05, 0) is 79.1 Å². The monoisotopic (exact) mass is 720 g/mol. The average Bonchev–Trinajstić information content (AvgIpc) is 3.61. The average molecular weight is 723 g/mol. The van der Waals surface area contributed by atoms with E-state index in [2.05, 4.69) is 96.2 Å². The van der Waals surface area contributed by atoms with Gasteiger partial charge in [0.05, 0.1) is 0 Å². The Morgan fingerprint density at radius 1 is 0.756 bits per heavy atom. The van der Waals surface area contributed by atoms with Crippen LogP contribution in [0.15, 0.2) is 48.1 Å². The van der Waals surface area contributed by atoms with E-state index in [-0.39, 0.29) is 35.6 Å². The van der Waals surface area contributed by atoms with Crippen LogP contribution in [0.5, 0.6) is 0 Å². The van der Waals surface area contributed by atoms with Gasteiger partial charge in [0, 0.05) is 0 Å². The van der Waals surface area contributed by atoms with Gasteiger partial charge < -0.3 is 0 Å². The summed E-state index contributed by atoms with van der Waals surface area (Å²) in [4.78, 5) is 0. The van der Waals surface area contributed by atoms with Crippen LogP contribution in [0, 0.1) is 35.3 Å². The van der Waals surface area contributed by atoms with E-state index in [1.807, 2.05) is 0 Å². The van der Waals surface area contributed by atoms with Gasteiger partial charge in [-0.15, -0.1) is 36.8 Å². The van der Waals surface area contributed by atoms with Gasteiger partial charge in [-0.1, -0.05) is 76.3 Å². The molecule has 2 aromatic carbocycles. The Hall–Kier alpha value is -0.747. The molecule has 7 aliphatic rings. The first kappa shape index (κ1) is 37.1. The predicted octanol–water partition coefficient (Wildman–Crippen LogP) is 12.1. The van der Waals surface area contributed by atoms with Gasteiger partial charge in [0.1, 0.15) is 0 Å². The van der Waals surface area contributed by atoms with E-state index in [1.165, 1.54) is 84.7 Å². The van der Waals surface area contributed by atoms with Gasteiger partial charge in [-0.2, -0.15) is 35.4 Å². The molecule has 45 heavy (non-hydrogen) atoms. The van der Waals surface area contributed by atoms with E-state index in [9.17, 15) is 0 Å². The van der Waals surface area contributed by atoms with Crippen LogP contribution < -0.4 is 0 Å². The Morgan fingerprint density at radius 3 is 1.82 bits per heavy atom. The van der Waals surface area contributed by atoms with Crippen molar-refractivity contribution in [2.45, 2.75) is 136 Å². The molecule has 9 rings (SSSR count). The van der Waals surface area contributed by atoms with Gasteiger partial charge in [0.2, 0.25) is 0 Å². The van der Waals surface area contributed by atoms with E-state index in [4.69, 9.17) is 0 Å². The summed E-state index contributed by atoms with van der Waals surface area (Å²) in [7, 11) is 0. The summed E-state index contributed by atoms with van der Waals surface area (Å²) in [5.41, 5.74) is 11.0. The van der Waals surface area contributed by atoms with Crippen LogP contribution in [0.25, 0.3) is 11.1 Å². The molecular weight excluding hydrogens is 667 g/mol. The molecule has 0 saturated heterocycles. The van der Waals surface area contributed by atoms with Crippen LogP contribution in [0.4, 0.5) is 0 Å². The SMILES string of the molecule is CC(C)(C)c1c[c-]c2c(c1)-c1cc(C(C)(C)C)ccc1C2.Cl.Cl.[C-]1=C(C23CC4CC(CC(C4)C2)C3)C=CC1.[Zr+2]=[C]1CCCCC1. The Morgan fingerprint density at radius 2 is 1.33 bits per heavy atom. The summed E-state index contributed by atoms with van der Waals surface area (Å²) in [5, 5.41) is 0. The maximum atomic E-state index is 3.62. The fourth-order valence-corrected chi connectivity index (χ4v) is 10.0. The minimum absolute atomic E-state index is 0. The zero-order chi connectivity index (χ0) is 30.4. The molecule has 2 aromatic rings. The number of benzene rings is 2. The second kappa shape index (κ2) is 14.8. The standard InChI is InChI=1S/C21H25.C15H19.C6H10.2ClH.Zr/c1-20(2,3)16-9-7-14-11-15-8-10-17(21(4,5)6)13-19(15)18(14)12-16;1-2-4-14(3-1)15-8-11-5-12(9-15)7-13(6-11)10-15;1-2-4-6-5-3-1;;;/h7,9-10,12-13H,11H2,1-6H3;1,3,11-13H,2,5-10H2;1-5H2;2*1H;/q2*-1;;;;+2. The van der Waals surface area contributed by atoms with Crippen LogP contribution in [0.3, 0.4) is 0 Å². The second-order valence-corrected chi connectivity index (χ2v) is 18.6. The number of rotatable bonds is 1. The molecule has 0 heterocycles. The van der Waals surface area contributed by atoms with Crippen LogP contribution in [0.2, 0.25) is 0 Å². The molecule has 0 N–H and O–H groups in total. The number of fused-ring (bicyclic) bond motifs is 3. The van der Waals surface area contributed by atoms with E-state index in [0.29, 0.717) is 5.41 Å². The Balaban J connectivity index is 0.000000167. The minimum atomic E-state index is 0. The second-order valence-electron chi connectivity index (χ2n) is 16.9. The van der Waals surface area contributed by atoms with E-state index in [0.717, 1.165) is 30.6 Å². The summed E-state index contributed by atoms with van der Waals surface area (Å²) in [6.07, 6.45) is 26.9. The number of hydrogen-bond donors (Lipinski definition) is 0. The van der Waals surface area contributed by atoms with E-state index in [1.54, 1.807) is 52.3 Å². The van der Waals surface area contributed by atoms with Crippen molar-refractivity contribution in [3.05, 3.63) is 82.5 Å². The van der Waals surface area contributed by atoms with Crippen LogP contribution in [-0.4, -0.2) is 3.21 Å². The normalized spacial score (nSPS) is 27.2. The molecule has 0 aromatic heterocycles. The number of allylic oxidation sites excluding steroid dienone is 4. The summed E-state index contributed by atoms with van der Waals surface area (Å²) < 4.78 is 1.80. The summed E-state index contributed by atoms with van der Waals surface area (Å²) in [6.45, 7) is 13.6. The molecule has 3 heteroatoms. The van der Waals surface area contributed by atoms with Gasteiger partial charge >= 0.3 is 59.5 Å². The van der Waals surface area contributed by atoms with Crippen molar-refractivity contribution in [1.29, 1.82) is 0 Å². The van der Waals surface area contributed by atoms with E-state index < -0.39 is 0 Å². The summed E-state index contributed by atoms with van der Waals surface area (Å²) >= 11 is 1.69. The molecule has 0 spiro atoms. The molecule has 0 radical (unpaired) electrons. The van der Waals surface area contributed by atoms with Crippen LogP contribution >= 0.6 is 24.8 Å². The fourth-order valence-electron chi connectivity index (χ4n) is 9.17. The topological polar surface area (TPSA) is 0 Å². The molecule has 5 fully saturated rings. The third kappa shape index (κ3) is 8.46. The molecule has 0 aliphatic heterocycles. The molecule has 7 aliphatic carbocycles. The maximum absolute atomic E-state index is 3.62. The molecule has 4 bridgehead atoms. The predicted molar refractivity (Wildman–Crippen MR) is 195 cm³/mol. The molecular formula is C42H56Cl2Zr. The first-order valence-corrected chi connectivity index (χ1v) is 18.7. The van der Waals surface area contributed by atoms with Gasteiger partial charge in [0.25, 0.3) is 0 Å². The van der Waals surface area contributed by atoms with Crippen molar-refractivity contribution in [1.82, 2.24) is 0 Å². The van der Waals surface area contributed by atoms with E-state index >= 15 is 0 Å². The van der Waals surface area contributed by atoms with Gasteiger partial charge in [-0.25, -0.2) is 11.6 Å². The van der Waals surface area contributed by atoms with Crippen molar-refractivity contribution in [3.8, 4) is 11.1 Å². The third-order valence-electron chi connectivity index (χ3n) is 11.3. The van der Waals surface area contributed by atoms with Gasteiger partial charge in [0.15, 0.2) is 0 Å². The zero-order valence-corrected chi connectivity index (χ0v) is 32.9. The summed E-state index contributed by atoms with van der Waals surface area (Å²) in [6, 6.07) is 15.1. The van der Waals surface area contributed by atoms with Crippen molar-refractivity contribution >= 4 is 28.0 Å². The van der Waals surface area contributed by atoms with Crippen molar-refractivity contribution < 1.29 is 24.2 Å². The number of hydrogen-bond acceptors (Lipinski definition) is 0. The molecule has 0 atom stereocenters. The van der Waals surface area contributed by atoms with Crippen LogP contribution in [-0.2, 0) is 41.5 Å². The van der Waals surface area contributed by atoms with Gasteiger partial charge in [-0.3, -0.25) is 6.08 Å². The zero-order valence-electron chi connectivity index (χ0n) is 28.8. The molecule has 0 unspecified atom stereocenters. The number of halogens is 2. The van der Waals surface area contributed by atoms with Crippen molar-refractivity contribution in [2.75, 3.05) is 0 Å². The van der Waals surface area contributed by atoms with Crippen molar-refractivity contribution in [3.63, 3.8) is 0 Å². The first-order valence-electron chi connectivity index (χ1n) is 17.4. The molecule has 0 nitrogen and oxygen atoms in total. The van der Waals surface area contributed by atoms with Crippen LogP contribution in [0.1, 0.15) is 141 Å².